The van der Waals surface area contributed by atoms with E-state index in [1.165, 1.54) is 37.8 Å². The van der Waals surface area contributed by atoms with Crippen LogP contribution in [0.15, 0.2) is 24.3 Å². The van der Waals surface area contributed by atoms with Crippen molar-refractivity contribution in [3.63, 3.8) is 0 Å². The molecule has 0 aliphatic carbocycles. The number of hydrogen-bond acceptors (Lipinski definition) is 3. The number of piperidine rings is 1. The van der Waals surface area contributed by atoms with E-state index in [1.807, 2.05) is 0 Å². The summed E-state index contributed by atoms with van der Waals surface area (Å²) in [6, 6.07) is 9.17. The molecule has 3 heteroatoms. The SMILES string of the molecule is COc1ccc(C2(CC3CCCCN3)COC2)cc1. The van der Waals surface area contributed by atoms with E-state index in [-0.39, 0.29) is 5.41 Å². The van der Waals surface area contributed by atoms with Crippen LogP contribution in [0, 0.1) is 0 Å². The van der Waals surface area contributed by atoms with Crippen molar-refractivity contribution in [2.24, 2.45) is 0 Å². The third-order valence-corrected chi connectivity index (χ3v) is 4.51. The molecule has 2 aliphatic heterocycles. The molecule has 1 N–H and O–H groups in total. The second-order valence-corrected chi connectivity index (χ2v) is 5.85. The van der Waals surface area contributed by atoms with Crippen molar-refractivity contribution in [3.8, 4) is 5.75 Å². The molecule has 19 heavy (non-hydrogen) atoms. The molecule has 0 amide bonds. The van der Waals surface area contributed by atoms with Gasteiger partial charge in [-0.25, -0.2) is 0 Å². The van der Waals surface area contributed by atoms with Crippen LogP contribution in [0.5, 0.6) is 5.75 Å². The quantitative estimate of drug-likeness (QED) is 0.903. The van der Waals surface area contributed by atoms with Crippen molar-refractivity contribution in [2.45, 2.75) is 37.1 Å². The molecule has 2 aliphatic rings. The van der Waals surface area contributed by atoms with Gasteiger partial charge in [0.25, 0.3) is 0 Å². The van der Waals surface area contributed by atoms with Gasteiger partial charge in [0.05, 0.1) is 20.3 Å². The summed E-state index contributed by atoms with van der Waals surface area (Å²) >= 11 is 0. The summed E-state index contributed by atoms with van der Waals surface area (Å²) in [5.74, 6) is 0.926. The average molecular weight is 261 g/mol. The van der Waals surface area contributed by atoms with Crippen molar-refractivity contribution >= 4 is 0 Å². The molecule has 1 aromatic rings. The van der Waals surface area contributed by atoms with E-state index in [4.69, 9.17) is 9.47 Å². The first kappa shape index (κ1) is 12.9. The second kappa shape index (κ2) is 5.51. The molecule has 1 unspecified atom stereocenters. The number of benzene rings is 1. The number of rotatable bonds is 4. The summed E-state index contributed by atoms with van der Waals surface area (Å²) in [5, 5.41) is 3.66. The summed E-state index contributed by atoms with van der Waals surface area (Å²) in [6.45, 7) is 2.89. The van der Waals surface area contributed by atoms with Crippen LogP contribution >= 0.6 is 0 Å². The summed E-state index contributed by atoms with van der Waals surface area (Å²) in [4.78, 5) is 0. The maximum atomic E-state index is 5.53. The molecule has 0 saturated carbocycles. The van der Waals surface area contributed by atoms with Crippen LogP contribution in [0.4, 0.5) is 0 Å². The van der Waals surface area contributed by atoms with Crippen LogP contribution in [-0.4, -0.2) is 32.9 Å². The first-order chi connectivity index (χ1) is 9.32. The van der Waals surface area contributed by atoms with Gasteiger partial charge in [0.2, 0.25) is 0 Å². The van der Waals surface area contributed by atoms with Gasteiger partial charge in [0.1, 0.15) is 5.75 Å². The molecule has 2 saturated heterocycles. The van der Waals surface area contributed by atoms with Crippen molar-refractivity contribution in [1.29, 1.82) is 0 Å². The summed E-state index contributed by atoms with van der Waals surface area (Å²) in [5.41, 5.74) is 1.62. The highest BCUT2D eigenvalue weighted by molar-refractivity contribution is 5.34. The zero-order valence-corrected chi connectivity index (χ0v) is 11.7. The Kier molecular flexibility index (Phi) is 3.76. The van der Waals surface area contributed by atoms with Gasteiger partial charge in [0.15, 0.2) is 0 Å². The third kappa shape index (κ3) is 2.63. The van der Waals surface area contributed by atoms with Gasteiger partial charge < -0.3 is 14.8 Å². The van der Waals surface area contributed by atoms with Gasteiger partial charge in [-0.2, -0.15) is 0 Å². The van der Waals surface area contributed by atoms with Crippen molar-refractivity contribution in [3.05, 3.63) is 29.8 Å². The Morgan fingerprint density at radius 2 is 2.05 bits per heavy atom. The average Bonchev–Trinajstić information content (AvgIpc) is 2.44. The fraction of sp³-hybridized carbons (Fsp3) is 0.625. The minimum absolute atomic E-state index is 0.223. The topological polar surface area (TPSA) is 30.5 Å². The molecule has 3 rings (SSSR count). The maximum absolute atomic E-state index is 5.53. The lowest BCUT2D eigenvalue weighted by Crippen LogP contribution is -2.51. The monoisotopic (exact) mass is 261 g/mol. The highest BCUT2D eigenvalue weighted by Crippen LogP contribution is 2.38. The molecule has 2 heterocycles. The van der Waals surface area contributed by atoms with Crippen LogP contribution < -0.4 is 10.1 Å². The van der Waals surface area contributed by atoms with E-state index in [1.54, 1.807) is 7.11 Å². The molecule has 0 bridgehead atoms. The lowest BCUT2D eigenvalue weighted by molar-refractivity contribution is -0.0696. The molecule has 2 fully saturated rings. The fourth-order valence-electron chi connectivity index (χ4n) is 3.27. The maximum Gasteiger partial charge on any atom is 0.118 e. The lowest BCUT2D eigenvalue weighted by atomic mass is 9.73. The number of ether oxygens (including phenoxy) is 2. The highest BCUT2D eigenvalue weighted by Gasteiger charge is 2.42. The standard InChI is InChI=1S/C16H23NO2/c1-18-15-7-5-13(6-8-15)16(11-19-12-16)10-14-4-2-3-9-17-14/h5-8,14,17H,2-4,9-12H2,1H3. The number of nitrogens with one attached hydrogen (secondary N) is 1. The van der Waals surface area contributed by atoms with Crippen LogP contribution in [0.25, 0.3) is 0 Å². The normalized spacial score (nSPS) is 25.6. The van der Waals surface area contributed by atoms with E-state index in [0.29, 0.717) is 6.04 Å². The molecule has 1 aromatic carbocycles. The predicted molar refractivity (Wildman–Crippen MR) is 75.7 cm³/mol. The van der Waals surface area contributed by atoms with E-state index in [0.717, 1.165) is 19.0 Å². The predicted octanol–water partition coefficient (Wildman–Crippen LogP) is 2.50. The number of hydrogen-bond donors (Lipinski definition) is 1. The molecule has 0 radical (unpaired) electrons. The Hall–Kier alpha value is -1.06. The lowest BCUT2D eigenvalue weighted by Gasteiger charge is -2.45. The molecule has 0 aromatic heterocycles. The van der Waals surface area contributed by atoms with E-state index in [9.17, 15) is 0 Å². The molecule has 104 valence electrons. The largest absolute Gasteiger partial charge is 0.497 e. The van der Waals surface area contributed by atoms with Gasteiger partial charge in [-0.1, -0.05) is 18.6 Å². The zero-order valence-electron chi connectivity index (χ0n) is 11.7. The van der Waals surface area contributed by atoms with E-state index >= 15 is 0 Å². The molecular formula is C16H23NO2. The first-order valence-electron chi connectivity index (χ1n) is 7.28. The van der Waals surface area contributed by atoms with Gasteiger partial charge in [0, 0.05) is 11.5 Å². The minimum Gasteiger partial charge on any atom is -0.497 e. The van der Waals surface area contributed by atoms with E-state index in [2.05, 4.69) is 29.6 Å². The smallest absolute Gasteiger partial charge is 0.118 e. The minimum atomic E-state index is 0.223. The van der Waals surface area contributed by atoms with Gasteiger partial charge in [-0.3, -0.25) is 0 Å². The fourth-order valence-corrected chi connectivity index (χ4v) is 3.27. The van der Waals surface area contributed by atoms with Crippen molar-refractivity contribution < 1.29 is 9.47 Å². The van der Waals surface area contributed by atoms with Crippen LogP contribution in [0.1, 0.15) is 31.2 Å². The second-order valence-electron chi connectivity index (χ2n) is 5.85. The highest BCUT2D eigenvalue weighted by atomic mass is 16.5. The molecule has 0 spiro atoms. The Balaban J connectivity index is 1.73. The first-order valence-corrected chi connectivity index (χ1v) is 7.28. The van der Waals surface area contributed by atoms with E-state index < -0.39 is 0 Å². The number of methoxy groups -OCH3 is 1. The van der Waals surface area contributed by atoms with Crippen molar-refractivity contribution in [1.82, 2.24) is 5.32 Å². The molecule has 3 nitrogen and oxygen atoms in total. The van der Waals surface area contributed by atoms with Crippen LogP contribution in [0.2, 0.25) is 0 Å². The van der Waals surface area contributed by atoms with Gasteiger partial charge >= 0.3 is 0 Å². The Bertz CT molecular complexity index is 405. The third-order valence-electron chi connectivity index (χ3n) is 4.51. The Labute approximate surface area is 115 Å². The van der Waals surface area contributed by atoms with Gasteiger partial charge in [-0.05, 0) is 43.5 Å². The van der Waals surface area contributed by atoms with Crippen LogP contribution in [-0.2, 0) is 10.2 Å². The van der Waals surface area contributed by atoms with Crippen molar-refractivity contribution in [2.75, 3.05) is 26.9 Å². The summed E-state index contributed by atoms with van der Waals surface area (Å²) in [6.07, 6.45) is 5.18. The van der Waals surface area contributed by atoms with Gasteiger partial charge in [-0.15, -0.1) is 0 Å². The summed E-state index contributed by atoms with van der Waals surface area (Å²) < 4.78 is 10.8. The Morgan fingerprint density at radius 3 is 2.58 bits per heavy atom. The Morgan fingerprint density at radius 1 is 1.26 bits per heavy atom. The van der Waals surface area contributed by atoms with Crippen LogP contribution in [0.3, 0.4) is 0 Å². The molecule has 1 atom stereocenters. The molecular weight excluding hydrogens is 238 g/mol. The zero-order chi connectivity index (χ0) is 13.1. The summed E-state index contributed by atoms with van der Waals surface area (Å²) in [7, 11) is 1.71.